The van der Waals surface area contributed by atoms with Gasteiger partial charge in [-0.25, -0.2) is 0 Å². The van der Waals surface area contributed by atoms with Crippen molar-refractivity contribution < 1.29 is 9.47 Å². The average Bonchev–Trinajstić information content (AvgIpc) is 2.69. The quantitative estimate of drug-likeness (QED) is 0.841. The molecule has 0 amide bonds. The van der Waals surface area contributed by atoms with Gasteiger partial charge >= 0.3 is 0 Å². The highest BCUT2D eigenvalue weighted by Crippen LogP contribution is 2.34. The molecular weight excluding hydrogens is 214 g/mol. The Hall–Kier alpha value is -0.770. The molecule has 1 fully saturated rings. The Morgan fingerprint density at radius 1 is 1.53 bits per heavy atom. The molecule has 1 heterocycles. The van der Waals surface area contributed by atoms with Crippen LogP contribution in [-0.4, -0.2) is 20.4 Å². The Morgan fingerprint density at radius 3 is 2.93 bits per heavy atom. The number of hydrogen-bond acceptors (Lipinski definition) is 3. The molecule has 1 aromatic carbocycles. The first-order valence-corrected chi connectivity index (χ1v) is 5.26. The summed E-state index contributed by atoms with van der Waals surface area (Å²) in [7, 11) is 1.67. The summed E-state index contributed by atoms with van der Waals surface area (Å²) in [4.78, 5) is 0. The third kappa shape index (κ3) is 2.09. The van der Waals surface area contributed by atoms with Crippen LogP contribution in [0.3, 0.4) is 0 Å². The van der Waals surface area contributed by atoms with E-state index in [-0.39, 0.29) is 6.10 Å². The number of nitrogens with one attached hydrogen (secondary N) is 1. The van der Waals surface area contributed by atoms with Gasteiger partial charge in [0.25, 0.3) is 0 Å². The molecule has 1 saturated heterocycles. The van der Waals surface area contributed by atoms with E-state index in [1.54, 1.807) is 7.11 Å². The summed E-state index contributed by atoms with van der Waals surface area (Å²) in [6, 6.07) is 3.80. The van der Waals surface area contributed by atoms with Crippen molar-refractivity contribution in [3.63, 3.8) is 0 Å². The number of hydrogen-bond donors (Lipinski definition) is 1. The topological polar surface area (TPSA) is 30.5 Å². The van der Waals surface area contributed by atoms with Crippen molar-refractivity contribution in [3.8, 4) is 5.75 Å². The molecule has 1 unspecified atom stereocenters. The standard InChI is InChI=1S/C11H14ClNO2/c1-7-3-8(12)4-9(11(7)14-2)10-5-13-6-15-10/h3-4,10,13H,5-6H2,1-2H3. The fourth-order valence-corrected chi connectivity index (χ4v) is 2.16. The van der Waals surface area contributed by atoms with Crippen LogP contribution in [0.1, 0.15) is 17.2 Å². The molecule has 1 atom stereocenters. The molecule has 0 aliphatic carbocycles. The lowest BCUT2D eigenvalue weighted by Gasteiger charge is -2.16. The minimum atomic E-state index is 0.0392. The predicted octanol–water partition coefficient (Wildman–Crippen LogP) is 2.28. The van der Waals surface area contributed by atoms with E-state index in [0.717, 1.165) is 28.4 Å². The Morgan fingerprint density at radius 2 is 2.33 bits per heavy atom. The second-order valence-corrected chi connectivity index (χ2v) is 4.04. The van der Waals surface area contributed by atoms with E-state index in [0.29, 0.717) is 6.73 Å². The largest absolute Gasteiger partial charge is 0.496 e. The first-order valence-electron chi connectivity index (χ1n) is 4.88. The number of ether oxygens (including phenoxy) is 2. The van der Waals surface area contributed by atoms with Crippen molar-refractivity contribution in [2.75, 3.05) is 20.4 Å². The lowest BCUT2D eigenvalue weighted by atomic mass is 10.0. The molecule has 15 heavy (non-hydrogen) atoms. The SMILES string of the molecule is COc1c(C)cc(Cl)cc1C1CNCO1. The number of benzene rings is 1. The molecule has 82 valence electrons. The lowest BCUT2D eigenvalue weighted by Crippen LogP contribution is -2.09. The van der Waals surface area contributed by atoms with Gasteiger partial charge in [0.1, 0.15) is 11.9 Å². The first-order chi connectivity index (χ1) is 7.22. The van der Waals surface area contributed by atoms with E-state index < -0.39 is 0 Å². The Balaban J connectivity index is 2.42. The van der Waals surface area contributed by atoms with Crippen LogP contribution in [0.2, 0.25) is 5.02 Å². The first kappa shape index (κ1) is 10.7. The summed E-state index contributed by atoms with van der Waals surface area (Å²) < 4.78 is 10.9. The smallest absolute Gasteiger partial charge is 0.127 e. The zero-order valence-corrected chi connectivity index (χ0v) is 9.60. The molecule has 4 heteroatoms. The van der Waals surface area contributed by atoms with Gasteiger partial charge < -0.3 is 9.47 Å². The summed E-state index contributed by atoms with van der Waals surface area (Å²) in [5, 5.41) is 3.86. The normalized spacial score (nSPS) is 20.6. The zero-order chi connectivity index (χ0) is 10.8. The van der Waals surface area contributed by atoms with Gasteiger partial charge in [0.2, 0.25) is 0 Å². The molecule has 1 N–H and O–H groups in total. The summed E-state index contributed by atoms with van der Waals surface area (Å²) in [5.41, 5.74) is 2.06. The molecule has 0 aromatic heterocycles. The number of aryl methyl sites for hydroxylation is 1. The van der Waals surface area contributed by atoms with Crippen molar-refractivity contribution in [1.29, 1.82) is 0 Å². The maximum absolute atomic E-state index is 6.03. The molecular formula is C11H14ClNO2. The minimum absolute atomic E-state index is 0.0392. The highest BCUT2D eigenvalue weighted by molar-refractivity contribution is 6.30. The van der Waals surface area contributed by atoms with Crippen molar-refractivity contribution in [2.45, 2.75) is 13.0 Å². The van der Waals surface area contributed by atoms with Gasteiger partial charge in [0, 0.05) is 17.1 Å². The molecule has 0 bridgehead atoms. The van der Waals surface area contributed by atoms with Crippen LogP contribution in [0.5, 0.6) is 5.75 Å². The Kier molecular flexibility index (Phi) is 3.14. The van der Waals surface area contributed by atoms with E-state index in [1.165, 1.54) is 0 Å². The van der Waals surface area contributed by atoms with Crippen molar-refractivity contribution >= 4 is 11.6 Å². The van der Waals surface area contributed by atoms with E-state index in [1.807, 2.05) is 19.1 Å². The third-order valence-electron chi connectivity index (χ3n) is 2.54. The molecule has 1 aliphatic heterocycles. The number of rotatable bonds is 2. The van der Waals surface area contributed by atoms with Crippen LogP contribution < -0.4 is 10.1 Å². The summed E-state index contributed by atoms with van der Waals surface area (Å²) in [6.45, 7) is 3.37. The number of halogens is 1. The molecule has 0 spiro atoms. The van der Waals surface area contributed by atoms with Gasteiger partial charge in [-0.05, 0) is 24.6 Å². The number of methoxy groups -OCH3 is 1. The van der Waals surface area contributed by atoms with Gasteiger partial charge in [-0.3, -0.25) is 5.32 Å². The van der Waals surface area contributed by atoms with Crippen LogP contribution in [-0.2, 0) is 4.74 Å². The van der Waals surface area contributed by atoms with Crippen LogP contribution in [0.25, 0.3) is 0 Å². The Bertz CT molecular complexity index is 362. The monoisotopic (exact) mass is 227 g/mol. The van der Waals surface area contributed by atoms with Crippen molar-refractivity contribution in [3.05, 3.63) is 28.3 Å². The van der Waals surface area contributed by atoms with E-state index in [9.17, 15) is 0 Å². The predicted molar refractivity (Wildman–Crippen MR) is 59.4 cm³/mol. The maximum Gasteiger partial charge on any atom is 0.127 e. The second kappa shape index (κ2) is 4.39. The summed E-state index contributed by atoms with van der Waals surface area (Å²) >= 11 is 6.03. The summed E-state index contributed by atoms with van der Waals surface area (Å²) in [5.74, 6) is 0.869. The molecule has 1 aromatic rings. The van der Waals surface area contributed by atoms with E-state index in [2.05, 4.69) is 5.32 Å². The highest BCUT2D eigenvalue weighted by Gasteiger charge is 2.22. The van der Waals surface area contributed by atoms with Gasteiger partial charge in [-0.15, -0.1) is 0 Å². The van der Waals surface area contributed by atoms with Crippen LogP contribution in [0.15, 0.2) is 12.1 Å². The fourth-order valence-electron chi connectivity index (χ4n) is 1.88. The molecule has 0 saturated carbocycles. The van der Waals surface area contributed by atoms with Gasteiger partial charge in [0.05, 0.1) is 13.8 Å². The minimum Gasteiger partial charge on any atom is -0.496 e. The average molecular weight is 228 g/mol. The third-order valence-corrected chi connectivity index (χ3v) is 2.75. The van der Waals surface area contributed by atoms with E-state index in [4.69, 9.17) is 21.1 Å². The van der Waals surface area contributed by atoms with Gasteiger partial charge in [-0.2, -0.15) is 0 Å². The summed E-state index contributed by atoms with van der Waals surface area (Å²) in [6.07, 6.45) is 0.0392. The van der Waals surface area contributed by atoms with Crippen LogP contribution in [0, 0.1) is 6.92 Å². The fraction of sp³-hybridized carbons (Fsp3) is 0.455. The lowest BCUT2D eigenvalue weighted by molar-refractivity contribution is 0.112. The molecule has 0 radical (unpaired) electrons. The second-order valence-electron chi connectivity index (χ2n) is 3.60. The van der Waals surface area contributed by atoms with Gasteiger partial charge in [-0.1, -0.05) is 11.6 Å². The Labute approximate surface area is 94.3 Å². The molecule has 3 nitrogen and oxygen atoms in total. The highest BCUT2D eigenvalue weighted by atomic mass is 35.5. The van der Waals surface area contributed by atoms with E-state index >= 15 is 0 Å². The molecule has 1 aliphatic rings. The van der Waals surface area contributed by atoms with Crippen LogP contribution >= 0.6 is 11.6 Å². The van der Waals surface area contributed by atoms with Crippen molar-refractivity contribution in [2.24, 2.45) is 0 Å². The van der Waals surface area contributed by atoms with Crippen LogP contribution in [0.4, 0.5) is 0 Å². The zero-order valence-electron chi connectivity index (χ0n) is 8.84. The maximum atomic E-state index is 6.03. The van der Waals surface area contributed by atoms with Gasteiger partial charge in [0.15, 0.2) is 0 Å². The van der Waals surface area contributed by atoms with Crippen molar-refractivity contribution in [1.82, 2.24) is 5.32 Å². The molecule has 2 rings (SSSR count).